The van der Waals surface area contributed by atoms with E-state index in [2.05, 4.69) is 47.8 Å². The number of rotatable bonds is 8. The molecule has 6 rings (SSSR count). The van der Waals surface area contributed by atoms with Crippen LogP contribution in [-0.2, 0) is 6.42 Å². The van der Waals surface area contributed by atoms with Gasteiger partial charge in [-0.25, -0.2) is 4.98 Å². The summed E-state index contributed by atoms with van der Waals surface area (Å²) in [4.78, 5) is 18.0. The highest BCUT2D eigenvalue weighted by Gasteiger charge is 2.30. The van der Waals surface area contributed by atoms with E-state index < -0.39 is 0 Å². The molecule has 1 aliphatic rings. The third kappa shape index (κ3) is 6.28. The minimum Gasteiger partial charge on any atom is -0.440 e. The Morgan fingerprint density at radius 2 is 1.56 bits per heavy atom. The van der Waals surface area contributed by atoms with Gasteiger partial charge in [0.15, 0.2) is 11.7 Å². The summed E-state index contributed by atoms with van der Waals surface area (Å²) in [6.07, 6.45) is 10.9. The van der Waals surface area contributed by atoms with Gasteiger partial charge in [-0.05, 0) is 54.5 Å². The van der Waals surface area contributed by atoms with Crippen LogP contribution in [0.5, 0.6) is 0 Å². The molecule has 1 heterocycles. The first-order valence-electron chi connectivity index (χ1n) is 14.1. The van der Waals surface area contributed by atoms with Crippen LogP contribution in [-0.4, -0.2) is 10.9 Å². The Hall–Kier alpha value is -4.96. The Morgan fingerprint density at radius 3 is 2.32 bits per heavy atom. The summed E-state index contributed by atoms with van der Waals surface area (Å²) in [6, 6.07) is 38.3. The summed E-state index contributed by atoms with van der Waals surface area (Å²) in [5, 5.41) is 2.89. The first-order valence-corrected chi connectivity index (χ1v) is 14.1. The van der Waals surface area contributed by atoms with Crippen molar-refractivity contribution in [3.05, 3.63) is 156 Å². The number of aromatic nitrogens is 1. The zero-order valence-electron chi connectivity index (χ0n) is 22.8. The quantitative estimate of drug-likeness (QED) is 0.202. The molecule has 0 saturated carbocycles. The third-order valence-corrected chi connectivity index (χ3v) is 7.54. The summed E-state index contributed by atoms with van der Waals surface area (Å²) in [7, 11) is 0. The van der Waals surface area contributed by atoms with Crippen molar-refractivity contribution < 1.29 is 9.21 Å². The number of oxazole rings is 1. The second kappa shape index (κ2) is 12.5. The zero-order chi connectivity index (χ0) is 27.9. The molecule has 0 bridgehead atoms. The van der Waals surface area contributed by atoms with E-state index in [1.54, 1.807) is 6.20 Å². The van der Waals surface area contributed by atoms with Crippen molar-refractivity contribution >= 4 is 12.0 Å². The zero-order valence-corrected chi connectivity index (χ0v) is 22.8. The van der Waals surface area contributed by atoms with Crippen molar-refractivity contribution in [3.63, 3.8) is 0 Å². The van der Waals surface area contributed by atoms with Crippen molar-refractivity contribution in [2.24, 2.45) is 5.92 Å². The number of amides is 1. The molecule has 1 amide bonds. The topological polar surface area (TPSA) is 55.1 Å². The number of allylic oxidation sites excluding steroid dienone is 2. The molecular weight excluding hydrogens is 504 g/mol. The lowest BCUT2D eigenvalue weighted by Crippen LogP contribution is -2.19. The van der Waals surface area contributed by atoms with Gasteiger partial charge in [0.05, 0.1) is 0 Å². The van der Waals surface area contributed by atoms with Gasteiger partial charge in [0.25, 0.3) is 5.91 Å². The highest BCUT2D eigenvalue weighted by Crippen LogP contribution is 2.41. The molecule has 0 spiro atoms. The maximum absolute atomic E-state index is 12.9. The van der Waals surface area contributed by atoms with E-state index >= 15 is 0 Å². The molecule has 0 aliphatic heterocycles. The first kappa shape index (κ1) is 26.3. The van der Waals surface area contributed by atoms with Gasteiger partial charge < -0.3 is 9.73 Å². The summed E-state index contributed by atoms with van der Waals surface area (Å²) >= 11 is 0. The van der Waals surface area contributed by atoms with Crippen LogP contribution in [0.15, 0.2) is 138 Å². The molecule has 202 valence electrons. The molecule has 2 unspecified atom stereocenters. The van der Waals surface area contributed by atoms with Crippen molar-refractivity contribution in [1.82, 2.24) is 10.3 Å². The summed E-state index contributed by atoms with van der Waals surface area (Å²) in [5.74, 6) is 1.82. The SMILES string of the molecule is O=C(NC=Cc1ccccc1)c1cccc(CC2C=CCCC2c2nc(-c3ccccc3)c(-c3ccccc3)o2)c1. The molecule has 2 atom stereocenters. The van der Waals surface area contributed by atoms with Gasteiger partial charge in [0, 0.05) is 28.8 Å². The van der Waals surface area contributed by atoms with Crippen LogP contribution < -0.4 is 5.32 Å². The van der Waals surface area contributed by atoms with Crippen molar-refractivity contribution in [3.8, 4) is 22.6 Å². The van der Waals surface area contributed by atoms with Crippen LogP contribution in [0, 0.1) is 5.92 Å². The number of nitrogens with one attached hydrogen (secondary N) is 1. The highest BCUT2D eigenvalue weighted by molar-refractivity contribution is 5.95. The van der Waals surface area contributed by atoms with E-state index in [1.165, 1.54) is 0 Å². The van der Waals surface area contributed by atoms with E-state index in [1.807, 2.05) is 91.0 Å². The van der Waals surface area contributed by atoms with E-state index in [0.29, 0.717) is 5.56 Å². The highest BCUT2D eigenvalue weighted by atomic mass is 16.4. The van der Waals surface area contributed by atoms with Crippen molar-refractivity contribution in [2.75, 3.05) is 0 Å². The van der Waals surface area contributed by atoms with Crippen LogP contribution in [0.2, 0.25) is 0 Å². The van der Waals surface area contributed by atoms with E-state index in [4.69, 9.17) is 9.40 Å². The normalized spacial score (nSPS) is 16.6. The van der Waals surface area contributed by atoms with Crippen LogP contribution in [0.4, 0.5) is 0 Å². The second-order valence-corrected chi connectivity index (χ2v) is 10.4. The molecule has 5 aromatic rings. The van der Waals surface area contributed by atoms with E-state index in [0.717, 1.165) is 58.9 Å². The number of carbonyl (C=O) groups excluding carboxylic acids is 1. The molecule has 1 aromatic heterocycles. The van der Waals surface area contributed by atoms with Crippen molar-refractivity contribution in [1.29, 1.82) is 0 Å². The molecular formula is C37H32N2O2. The maximum atomic E-state index is 12.9. The summed E-state index contributed by atoms with van der Waals surface area (Å²) in [6.45, 7) is 0. The number of nitrogens with zero attached hydrogens (tertiary/aromatic N) is 1. The Balaban J connectivity index is 1.23. The number of carbonyl (C=O) groups is 1. The summed E-state index contributed by atoms with van der Waals surface area (Å²) < 4.78 is 6.59. The third-order valence-electron chi connectivity index (χ3n) is 7.54. The monoisotopic (exact) mass is 536 g/mol. The average molecular weight is 537 g/mol. The standard InChI is InChI=1S/C37H32N2O2/c40-36(38-24-23-27-13-4-1-5-14-27)32-21-12-15-28(26-32)25-31-20-10-11-22-33(31)37-39-34(29-16-6-2-7-17-29)35(41-37)30-18-8-3-9-19-30/h1-10,12-21,23-24,26,31,33H,11,22,25H2,(H,38,40). The fourth-order valence-corrected chi connectivity index (χ4v) is 5.46. The molecule has 41 heavy (non-hydrogen) atoms. The predicted molar refractivity (Wildman–Crippen MR) is 165 cm³/mol. The fourth-order valence-electron chi connectivity index (χ4n) is 5.46. The maximum Gasteiger partial charge on any atom is 0.255 e. The first-order chi connectivity index (χ1) is 20.2. The average Bonchev–Trinajstić information content (AvgIpc) is 3.48. The van der Waals surface area contributed by atoms with Gasteiger partial charge in [0.2, 0.25) is 0 Å². The molecule has 4 nitrogen and oxygen atoms in total. The van der Waals surface area contributed by atoms with E-state index in [9.17, 15) is 4.79 Å². The van der Waals surface area contributed by atoms with Gasteiger partial charge in [-0.2, -0.15) is 0 Å². The van der Waals surface area contributed by atoms with Crippen LogP contribution in [0.1, 0.15) is 46.1 Å². The fraction of sp³-hybridized carbons (Fsp3) is 0.135. The molecule has 4 aromatic carbocycles. The molecule has 0 radical (unpaired) electrons. The Kier molecular flexibility index (Phi) is 8.00. The molecule has 1 aliphatic carbocycles. The van der Waals surface area contributed by atoms with E-state index in [-0.39, 0.29) is 17.7 Å². The minimum atomic E-state index is -0.123. The molecule has 0 fully saturated rings. The van der Waals surface area contributed by atoms with Gasteiger partial charge in [-0.1, -0.05) is 115 Å². The second-order valence-electron chi connectivity index (χ2n) is 10.4. The lowest BCUT2D eigenvalue weighted by Gasteiger charge is -2.25. The van der Waals surface area contributed by atoms with Crippen LogP contribution in [0.25, 0.3) is 28.7 Å². The van der Waals surface area contributed by atoms with Gasteiger partial charge in [0.1, 0.15) is 5.69 Å². The lowest BCUT2D eigenvalue weighted by atomic mass is 9.80. The Bertz CT molecular complexity index is 1600. The molecule has 1 N–H and O–H groups in total. The largest absolute Gasteiger partial charge is 0.440 e. The minimum absolute atomic E-state index is 0.123. The Morgan fingerprint density at radius 1 is 0.854 bits per heavy atom. The number of benzene rings is 4. The lowest BCUT2D eigenvalue weighted by molar-refractivity contribution is 0.0970. The van der Waals surface area contributed by atoms with Gasteiger partial charge in [-0.15, -0.1) is 0 Å². The number of hydrogen-bond donors (Lipinski definition) is 1. The molecule has 0 saturated heterocycles. The van der Waals surface area contributed by atoms with Gasteiger partial charge in [-0.3, -0.25) is 4.79 Å². The van der Waals surface area contributed by atoms with Gasteiger partial charge >= 0.3 is 0 Å². The number of hydrogen-bond acceptors (Lipinski definition) is 3. The van der Waals surface area contributed by atoms with Crippen LogP contribution >= 0.6 is 0 Å². The summed E-state index contributed by atoms with van der Waals surface area (Å²) in [5.41, 5.74) is 5.74. The Labute approximate surface area is 241 Å². The predicted octanol–water partition coefficient (Wildman–Crippen LogP) is 8.70. The van der Waals surface area contributed by atoms with Crippen molar-refractivity contribution in [2.45, 2.75) is 25.2 Å². The smallest absolute Gasteiger partial charge is 0.255 e. The van der Waals surface area contributed by atoms with Crippen LogP contribution in [0.3, 0.4) is 0 Å². The molecule has 4 heteroatoms.